The molecule has 0 fully saturated rings. The van der Waals surface area contributed by atoms with E-state index in [1.807, 2.05) is 12.3 Å². The van der Waals surface area contributed by atoms with E-state index in [0.717, 1.165) is 23.3 Å². The fourth-order valence-corrected chi connectivity index (χ4v) is 3.22. The van der Waals surface area contributed by atoms with Crippen molar-refractivity contribution in [3.05, 3.63) is 34.7 Å². The highest BCUT2D eigenvalue weighted by Gasteiger charge is 2.36. The summed E-state index contributed by atoms with van der Waals surface area (Å²) >= 11 is 3.50. The van der Waals surface area contributed by atoms with E-state index < -0.39 is 8.32 Å². The van der Waals surface area contributed by atoms with Gasteiger partial charge in [-0.25, -0.2) is 4.98 Å². The van der Waals surface area contributed by atoms with Crippen LogP contribution >= 0.6 is 15.9 Å². The van der Waals surface area contributed by atoms with E-state index in [0.29, 0.717) is 0 Å². The van der Waals surface area contributed by atoms with Crippen LogP contribution in [0.4, 0.5) is 0 Å². The average Bonchev–Trinajstić information content (AvgIpc) is 2.69. The van der Waals surface area contributed by atoms with Gasteiger partial charge in [-0.05, 0) is 52.1 Å². The molecule has 0 saturated heterocycles. The van der Waals surface area contributed by atoms with Crippen LogP contribution in [0.15, 0.2) is 29.1 Å². The molecule has 0 aliphatic rings. The van der Waals surface area contributed by atoms with E-state index in [2.05, 4.69) is 71.4 Å². The second-order valence-corrected chi connectivity index (χ2v) is 12.3. The number of hydrogen-bond donors (Lipinski definition) is 0. The molecule has 0 aromatic carbocycles. The Morgan fingerprint density at radius 2 is 2.00 bits per heavy atom. The van der Waals surface area contributed by atoms with Gasteiger partial charge in [0.15, 0.2) is 8.32 Å². The first-order valence-electron chi connectivity index (χ1n) is 6.96. The highest BCUT2D eigenvalue weighted by atomic mass is 79.9. The zero-order valence-electron chi connectivity index (χ0n) is 12.9. The molecular formula is C15H23BrN2OSi. The maximum atomic E-state index is 6.22. The molecule has 0 unspecified atom stereocenters. The number of nitrogens with zero attached hydrogens (tertiary/aromatic N) is 2. The number of halogens is 1. The van der Waals surface area contributed by atoms with Gasteiger partial charge in [0.1, 0.15) is 10.3 Å². The second kappa shape index (κ2) is 5.62. The first-order chi connectivity index (χ1) is 9.21. The minimum absolute atomic E-state index is 0.268. The van der Waals surface area contributed by atoms with Gasteiger partial charge in [-0.1, -0.05) is 26.8 Å². The summed E-state index contributed by atoms with van der Waals surface area (Å²) in [5, 5.41) is 0.268. The largest absolute Gasteiger partial charge is 0.416 e. The van der Waals surface area contributed by atoms with Gasteiger partial charge in [0.2, 0.25) is 0 Å². The Morgan fingerprint density at radius 1 is 1.30 bits per heavy atom. The molecule has 0 amide bonds. The molecule has 110 valence electrons. The Labute approximate surface area is 130 Å². The van der Waals surface area contributed by atoms with Crippen LogP contribution in [0.2, 0.25) is 18.1 Å². The Hall–Kier alpha value is -0.653. The lowest BCUT2D eigenvalue weighted by atomic mass is 10.2. The molecule has 0 radical (unpaired) electrons. The van der Waals surface area contributed by atoms with E-state index in [-0.39, 0.29) is 5.04 Å². The second-order valence-electron chi connectivity index (χ2n) is 6.71. The minimum atomic E-state index is -1.64. The van der Waals surface area contributed by atoms with Crippen LogP contribution < -0.4 is 0 Å². The lowest BCUT2D eigenvalue weighted by Gasteiger charge is -2.36. The Morgan fingerprint density at radius 3 is 2.65 bits per heavy atom. The van der Waals surface area contributed by atoms with Crippen molar-refractivity contribution >= 4 is 29.9 Å². The number of rotatable bonds is 4. The molecule has 20 heavy (non-hydrogen) atoms. The van der Waals surface area contributed by atoms with Crippen molar-refractivity contribution in [3.8, 4) is 0 Å². The summed E-state index contributed by atoms with van der Waals surface area (Å²) in [5.41, 5.74) is 2.24. The standard InChI is InChI=1S/C15H23BrN2OSi/c1-15(2,3)20(4,5)19-9-8-12-6-7-14-17-10-13(16)18(14)11-12/h6-7,10-11H,8-9H2,1-5H3. The Balaban J connectivity index is 2.01. The van der Waals surface area contributed by atoms with E-state index in [9.17, 15) is 0 Å². The summed E-state index contributed by atoms with van der Waals surface area (Å²) in [5.74, 6) is 0. The number of aromatic nitrogens is 2. The highest BCUT2D eigenvalue weighted by molar-refractivity contribution is 9.10. The van der Waals surface area contributed by atoms with Crippen LogP contribution in [-0.2, 0) is 10.8 Å². The normalized spacial score (nSPS) is 13.1. The highest BCUT2D eigenvalue weighted by Crippen LogP contribution is 2.36. The summed E-state index contributed by atoms with van der Waals surface area (Å²) in [6, 6.07) is 4.18. The third-order valence-corrected chi connectivity index (χ3v) is 9.31. The smallest absolute Gasteiger partial charge is 0.191 e. The molecule has 2 aromatic rings. The summed E-state index contributed by atoms with van der Waals surface area (Å²) in [4.78, 5) is 4.30. The van der Waals surface area contributed by atoms with Crippen molar-refractivity contribution in [2.45, 2.75) is 45.3 Å². The number of hydrogen-bond acceptors (Lipinski definition) is 2. The summed E-state index contributed by atoms with van der Waals surface area (Å²) in [6.45, 7) is 12.2. The van der Waals surface area contributed by atoms with Gasteiger partial charge in [0, 0.05) is 12.8 Å². The van der Waals surface area contributed by atoms with E-state index in [1.54, 1.807) is 0 Å². The molecule has 2 heterocycles. The molecule has 0 atom stereocenters. The average molecular weight is 355 g/mol. The van der Waals surface area contributed by atoms with Crippen LogP contribution in [-0.4, -0.2) is 24.3 Å². The summed E-state index contributed by atoms with van der Waals surface area (Å²) in [6.07, 6.45) is 4.89. The maximum Gasteiger partial charge on any atom is 0.191 e. The van der Waals surface area contributed by atoms with Crippen LogP contribution in [0.3, 0.4) is 0 Å². The van der Waals surface area contributed by atoms with Crippen LogP contribution in [0.25, 0.3) is 5.65 Å². The zero-order chi connectivity index (χ0) is 15.0. The van der Waals surface area contributed by atoms with Gasteiger partial charge in [-0.15, -0.1) is 0 Å². The topological polar surface area (TPSA) is 26.5 Å². The van der Waals surface area contributed by atoms with Crippen molar-refractivity contribution < 1.29 is 4.43 Å². The Kier molecular flexibility index (Phi) is 4.42. The molecule has 0 N–H and O–H groups in total. The van der Waals surface area contributed by atoms with E-state index >= 15 is 0 Å². The molecule has 2 aromatic heterocycles. The van der Waals surface area contributed by atoms with E-state index in [1.165, 1.54) is 5.56 Å². The molecule has 0 aliphatic carbocycles. The molecule has 0 aliphatic heterocycles. The van der Waals surface area contributed by atoms with Crippen molar-refractivity contribution in [2.75, 3.05) is 6.61 Å². The molecule has 0 saturated carbocycles. The predicted molar refractivity (Wildman–Crippen MR) is 89.7 cm³/mol. The van der Waals surface area contributed by atoms with Crippen LogP contribution in [0, 0.1) is 0 Å². The lowest BCUT2D eigenvalue weighted by Crippen LogP contribution is -2.41. The maximum absolute atomic E-state index is 6.22. The fraction of sp³-hybridized carbons (Fsp3) is 0.533. The molecule has 0 spiro atoms. The molecule has 2 rings (SSSR count). The van der Waals surface area contributed by atoms with Crippen LogP contribution in [0.1, 0.15) is 26.3 Å². The number of fused-ring (bicyclic) bond motifs is 1. The fourth-order valence-electron chi connectivity index (χ4n) is 1.78. The van der Waals surface area contributed by atoms with Gasteiger partial charge in [-0.3, -0.25) is 4.40 Å². The van der Waals surface area contributed by atoms with Crippen LogP contribution in [0.5, 0.6) is 0 Å². The lowest BCUT2D eigenvalue weighted by molar-refractivity contribution is 0.292. The van der Waals surface area contributed by atoms with Gasteiger partial charge >= 0.3 is 0 Å². The van der Waals surface area contributed by atoms with Gasteiger partial charge in [0.25, 0.3) is 0 Å². The van der Waals surface area contributed by atoms with Gasteiger partial charge < -0.3 is 4.43 Å². The first-order valence-corrected chi connectivity index (χ1v) is 10.7. The van der Waals surface area contributed by atoms with Crippen molar-refractivity contribution in [3.63, 3.8) is 0 Å². The third kappa shape index (κ3) is 3.32. The SMILES string of the molecule is CC(C)(C)[Si](C)(C)OCCc1ccc2ncc(Br)n2c1. The minimum Gasteiger partial charge on any atom is -0.416 e. The molecule has 5 heteroatoms. The summed E-state index contributed by atoms with van der Waals surface area (Å²) in [7, 11) is -1.64. The number of imidazole rings is 1. The van der Waals surface area contributed by atoms with Crippen molar-refractivity contribution in [2.24, 2.45) is 0 Å². The monoisotopic (exact) mass is 354 g/mol. The number of pyridine rings is 1. The zero-order valence-corrected chi connectivity index (χ0v) is 15.5. The van der Waals surface area contributed by atoms with Gasteiger partial charge in [0.05, 0.1) is 6.20 Å². The third-order valence-electron chi connectivity index (χ3n) is 4.18. The molecule has 3 nitrogen and oxygen atoms in total. The summed E-state index contributed by atoms with van der Waals surface area (Å²) < 4.78 is 9.27. The Bertz CT molecular complexity index is 601. The van der Waals surface area contributed by atoms with E-state index in [4.69, 9.17) is 4.43 Å². The quantitative estimate of drug-likeness (QED) is 0.746. The van der Waals surface area contributed by atoms with Crippen molar-refractivity contribution in [1.82, 2.24) is 9.38 Å². The first kappa shape index (κ1) is 15.7. The molecular weight excluding hydrogens is 332 g/mol. The van der Waals surface area contributed by atoms with Crippen molar-refractivity contribution in [1.29, 1.82) is 0 Å². The predicted octanol–water partition coefficient (Wildman–Crippen LogP) is 4.66. The molecule has 0 bridgehead atoms. The van der Waals surface area contributed by atoms with Gasteiger partial charge in [-0.2, -0.15) is 0 Å².